The molecular formula is C13H23N3O3. The van der Waals surface area contributed by atoms with E-state index in [9.17, 15) is 4.79 Å². The molecule has 108 valence electrons. The quantitative estimate of drug-likeness (QED) is 0.599. The van der Waals surface area contributed by atoms with Crippen LogP contribution in [0.2, 0.25) is 0 Å². The predicted molar refractivity (Wildman–Crippen MR) is 71.2 cm³/mol. The molecule has 1 heterocycles. The number of rotatable bonds is 11. The molecule has 0 aromatic carbocycles. The van der Waals surface area contributed by atoms with Crippen molar-refractivity contribution in [1.29, 1.82) is 0 Å². The Labute approximate surface area is 113 Å². The van der Waals surface area contributed by atoms with Crippen molar-refractivity contribution in [2.24, 2.45) is 0 Å². The summed E-state index contributed by atoms with van der Waals surface area (Å²) < 4.78 is 4.82. The summed E-state index contributed by atoms with van der Waals surface area (Å²) in [6.45, 7) is 3.93. The van der Waals surface area contributed by atoms with Gasteiger partial charge in [0.25, 0.3) is 5.82 Å². The average Bonchev–Trinajstić information content (AvgIpc) is 2.86. The second-order valence-corrected chi connectivity index (χ2v) is 4.58. The topological polar surface area (TPSA) is 88.2 Å². The highest BCUT2D eigenvalue weighted by Gasteiger charge is 2.11. The van der Waals surface area contributed by atoms with E-state index in [-0.39, 0.29) is 5.82 Å². The van der Waals surface area contributed by atoms with Crippen molar-refractivity contribution in [3.63, 3.8) is 0 Å². The van der Waals surface area contributed by atoms with Crippen molar-refractivity contribution in [2.75, 3.05) is 13.1 Å². The van der Waals surface area contributed by atoms with Crippen LogP contribution in [0.15, 0.2) is 4.52 Å². The van der Waals surface area contributed by atoms with E-state index >= 15 is 0 Å². The molecule has 1 rings (SSSR count). The van der Waals surface area contributed by atoms with Crippen LogP contribution in [0.1, 0.15) is 62.0 Å². The molecule has 0 bridgehead atoms. The lowest BCUT2D eigenvalue weighted by Crippen LogP contribution is -2.18. The zero-order valence-electron chi connectivity index (χ0n) is 11.5. The maximum atomic E-state index is 10.5. The van der Waals surface area contributed by atoms with Gasteiger partial charge in [-0.15, -0.1) is 0 Å². The van der Waals surface area contributed by atoms with Crippen LogP contribution in [-0.2, 0) is 6.42 Å². The van der Waals surface area contributed by atoms with Crippen molar-refractivity contribution < 1.29 is 14.4 Å². The van der Waals surface area contributed by atoms with Gasteiger partial charge in [0, 0.05) is 13.0 Å². The second kappa shape index (κ2) is 9.49. The molecule has 0 fully saturated rings. The van der Waals surface area contributed by atoms with Gasteiger partial charge in [0.1, 0.15) is 0 Å². The fourth-order valence-corrected chi connectivity index (χ4v) is 1.79. The first-order valence-corrected chi connectivity index (χ1v) is 7.00. The third-order valence-corrected chi connectivity index (χ3v) is 2.88. The largest absolute Gasteiger partial charge is 0.475 e. The minimum Gasteiger partial charge on any atom is -0.475 e. The van der Waals surface area contributed by atoms with Crippen molar-refractivity contribution in [3.05, 3.63) is 11.7 Å². The second-order valence-electron chi connectivity index (χ2n) is 4.58. The molecule has 0 saturated carbocycles. The summed E-state index contributed by atoms with van der Waals surface area (Å²) in [6, 6.07) is 0. The van der Waals surface area contributed by atoms with Gasteiger partial charge >= 0.3 is 5.97 Å². The van der Waals surface area contributed by atoms with Crippen LogP contribution in [0.25, 0.3) is 0 Å². The summed E-state index contributed by atoms with van der Waals surface area (Å²) in [5, 5.41) is 15.3. The zero-order chi connectivity index (χ0) is 13.9. The van der Waals surface area contributed by atoms with Crippen LogP contribution < -0.4 is 5.32 Å². The molecule has 6 nitrogen and oxygen atoms in total. The molecule has 0 radical (unpaired) electrons. The van der Waals surface area contributed by atoms with E-state index < -0.39 is 5.97 Å². The molecule has 0 aliphatic heterocycles. The minimum atomic E-state index is -1.16. The Hall–Kier alpha value is -1.43. The summed E-state index contributed by atoms with van der Waals surface area (Å²) in [5.41, 5.74) is 0. The number of unbranched alkanes of at least 4 members (excludes halogenated alkanes) is 5. The lowest BCUT2D eigenvalue weighted by atomic mass is 10.1. The summed E-state index contributed by atoms with van der Waals surface area (Å²) in [4.78, 5) is 14.3. The molecule has 0 unspecified atom stereocenters. The first-order valence-electron chi connectivity index (χ1n) is 7.00. The lowest BCUT2D eigenvalue weighted by molar-refractivity contribution is 0.0680. The van der Waals surface area contributed by atoms with Gasteiger partial charge in [0.05, 0.1) is 0 Å². The van der Waals surface area contributed by atoms with Gasteiger partial charge in [0.2, 0.25) is 5.89 Å². The molecule has 0 atom stereocenters. The van der Waals surface area contributed by atoms with Crippen LogP contribution >= 0.6 is 0 Å². The van der Waals surface area contributed by atoms with Crippen molar-refractivity contribution in [3.8, 4) is 0 Å². The number of aromatic carboxylic acids is 1. The SMILES string of the molecule is CCCCCCCCNCCc1nc(C(=O)O)no1. The zero-order valence-corrected chi connectivity index (χ0v) is 11.5. The third kappa shape index (κ3) is 6.91. The van der Waals surface area contributed by atoms with Crippen LogP contribution in [0.3, 0.4) is 0 Å². The summed E-state index contributed by atoms with van der Waals surface area (Å²) in [7, 11) is 0. The maximum absolute atomic E-state index is 10.5. The van der Waals surface area contributed by atoms with E-state index in [1.54, 1.807) is 0 Å². The Morgan fingerprint density at radius 1 is 1.21 bits per heavy atom. The van der Waals surface area contributed by atoms with Gasteiger partial charge in [-0.2, -0.15) is 4.98 Å². The van der Waals surface area contributed by atoms with Gasteiger partial charge < -0.3 is 14.9 Å². The maximum Gasteiger partial charge on any atom is 0.377 e. The van der Waals surface area contributed by atoms with Crippen molar-refractivity contribution >= 4 is 5.97 Å². The molecule has 1 aromatic heterocycles. The molecule has 0 amide bonds. The molecule has 0 saturated heterocycles. The number of carboxylic acid groups (broad SMARTS) is 1. The molecular weight excluding hydrogens is 246 g/mol. The monoisotopic (exact) mass is 269 g/mol. The van der Waals surface area contributed by atoms with Gasteiger partial charge in [-0.25, -0.2) is 4.79 Å². The highest BCUT2D eigenvalue weighted by molar-refractivity contribution is 5.82. The highest BCUT2D eigenvalue weighted by Crippen LogP contribution is 2.04. The van der Waals surface area contributed by atoms with E-state index in [1.165, 1.54) is 38.5 Å². The molecule has 0 aliphatic rings. The van der Waals surface area contributed by atoms with E-state index in [0.29, 0.717) is 12.3 Å². The Morgan fingerprint density at radius 2 is 1.95 bits per heavy atom. The molecule has 1 aromatic rings. The first-order chi connectivity index (χ1) is 9.24. The van der Waals surface area contributed by atoms with Crippen LogP contribution in [0, 0.1) is 0 Å². The fraction of sp³-hybridized carbons (Fsp3) is 0.769. The highest BCUT2D eigenvalue weighted by atomic mass is 16.5. The molecule has 0 aliphatic carbocycles. The minimum absolute atomic E-state index is 0.272. The molecule has 0 spiro atoms. The predicted octanol–water partition coefficient (Wildman–Crippen LogP) is 2.26. The third-order valence-electron chi connectivity index (χ3n) is 2.88. The van der Waals surface area contributed by atoms with E-state index in [4.69, 9.17) is 9.63 Å². The number of nitrogens with one attached hydrogen (secondary N) is 1. The molecule has 2 N–H and O–H groups in total. The first kappa shape index (κ1) is 15.6. The van der Waals surface area contributed by atoms with E-state index in [2.05, 4.69) is 22.4 Å². The van der Waals surface area contributed by atoms with Gasteiger partial charge in [-0.05, 0) is 18.1 Å². The standard InChI is InChI=1S/C13H23N3O3/c1-2-3-4-5-6-7-9-14-10-8-11-15-12(13(17)18)16-19-11/h14H,2-10H2,1H3,(H,17,18). The van der Waals surface area contributed by atoms with Crippen LogP contribution in [0.4, 0.5) is 0 Å². The number of aromatic nitrogens is 2. The summed E-state index contributed by atoms with van der Waals surface area (Å²) in [6.07, 6.45) is 8.25. The van der Waals surface area contributed by atoms with E-state index in [0.717, 1.165) is 13.1 Å². The summed E-state index contributed by atoms with van der Waals surface area (Å²) in [5.74, 6) is -1.06. The average molecular weight is 269 g/mol. The van der Waals surface area contributed by atoms with Crippen LogP contribution in [-0.4, -0.2) is 34.3 Å². The van der Waals surface area contributed by atoms with E-state index in [1.807, 2.05) is 0 Å². The molecule has 19 heavy (non-hydrogen) atoms. The Bertz CT molecular complexity index is 366. The van der Waals surface area contributed by atoms with Crippen molar-refractivity contribution in [1.82, 2.24) is 15.5 Å². The summed E-state index contributed by atoms with van der Waals surface area (Å²) >= 11 is 0. The number of nitrogens with zero attached hydrogens (tertiary/aromatic N) is 2. The van der Waals surface area contributed by atoms with Crippen LogP contribution in [0.5, 0.6) is 0 Å². The number of hydrogen-bond acceptors (Lipinski definition) is 5. The Balaban J connectivity index is 1.97. The van der Waals surface area contributed by atoms with Gasteiger partial charge in [0.15, 0.2) is 0 Å². The number of hydrogen-bond donors (Lipinski definition) is 2. The Kier molecular flexibility index (Phi) is 7.81. The lowest BCUT2D eigenvalue weighted by Gasteiger charge is -2.02. The normalized spacial score (nSPS) is 10.8. The van der Waals surface area contributed by atoms with Gasteiger partial charge in [-0.1, -0.05) is 39.0 Å². The number of carboxylic acids is 1. The van der Waals surface area contributed by atoms with Crippen molar-refractivity contribution in [2.45, 2.75) is 51.9 Å². The van der Waals surface area contributed by atoms with Gasteiger partial charge in [-0.3, -0.25) is 0 Å². The number of carbonyl (C=O) groups is 1. The smallest absolute Gasteiger partial charge is 0.377 e. The molecule has 6 heteroatoms. The Morgan fingerprint density at radius 3 is 2.63 bits per heavy atom. The fourth-order valence-electron chi connectivity index (χ4n) is 1.79.